The van der Waals surface area contributed by atoms with Crippen LogP contribution in [0.2, 0.25) is 0 Å². The van der Waals surface area contributed by atoms with Gasteiger partial charge in [0.25, 0.3) is 0 Å². The van der Waals surface area contributed by atoms with Crippen molar-refractivity contribution in [2.24, 2.45) is 10.9 Å². The molecule has 2 N–H and O–H groups in total. The summed E-state index contributed by atoms with van der Waals surface area (Å²) in [6.45, 7) is 7.21. The van der Waals surface area contributed by atoms with Crippen molar-refractivity contribution in [2.45, 2.75) is 38.8 Å². The smallest absolute Gasteiger partial charge is 0.193 e. The average Bonchev–Trinajstić information content (AvgIpc) is 3.19. The van der Waals surface area contributed by atoms with Crippen molar-refractivity contribution < 1.29 is 14.2 Å². The second kappa shape index (κ2) is 10.1. The molecule has 0 amide bonds. The number of aliphatic hydroxyl groups is 1. The van der Waals surface area contributed by atoms with E-state index < -0.39 is 0 Å². The van der Waals surface area contributed by atoms with Crippen LogP contribution in [0.3, 0.4) is 0 Å². The largest absolute Gasteiger partial charge is 0.393 e. The van der Waals surface area contributed by atoms with Gasteiger partial charge in [0.15, 0.2) is 5.96 Å². The average molecular weight is 393 g/mol. The Balaban J connectivity index is 1.62. The predicted molar refractivity (Wildman–Crippen MR) is 110 cm³/mol. The van der Waals surface area contributed by atoms with Crippen molar-refractivity contribution in [1.82, 2.24) is 10.2 Å². The molecule has 2 aliphatic rings. The second-order valence-electron chi connectivity index (χ2n) is 7.78. The zero-order valence-electron chi connectivity index (χ0n) is 17.0. The molecule has 1 aromatic rings. The van der Waals surface area contributed by atoms with E-state index in [-0.39, 0.29) is 11.9 Å². The van der Waals surface area contributed by atoms with Crippen LogP contribution >= 0.6 is 0 Å². The van der Waals surface area contributed by atoms with E-state index in [4.69, 9.17) is 9.73 Å². The summed E-state index contributed by atoms with van der Waals surface area (Å²) in [7, 11) is 2.04. The van der Waals surface area contributed by atoms with Gasteiger partial charge in [0.2, 0.25) is 0 Å². The van der Waals surface area contributed by atoms with Crippen molar-refractivity contribution in [3.63, 3.8) is 0 Å². The van der Waals surface area contributed by atoms with E-state index in [1.807, 2.05) is 31.0 Å². The number of hydrogen-bond donors (Lipinski definition) is 2. The number of halogens is 1. The molecular weight excluding hydrogens is 359 g/mol. The number of aliphatic hydroxyl groups excluding tert-OH is 1. The van der Waals surface area contributed by atoms with Crippen LogP contribution < -0.4 is 10.2 Å². The first-order chi connectivity index (χ1) is 13.6. The number of anilines is 1. The van der Waals surface area contributed by atoms with Crippen LogP contribution in [0.25, 0.3) is 0 Å². The Morgan fingerprint density at radius 1 is 1.36 bits per heavy atom. The van der Waals surface area contributed by atoms with E-state index >= 15 is 0 Å². The highest BCUT2D eigenvalue weighted by Crippen LogP contribution is 2.24. The van der Waals surface area contributed by atoms with E-state index in [0.29, 0.717) is 44.1 Å². The number of piperidine rings is 1. The SMILES string of the molecule is CCNC(=NCc1ccc(N2CCC(O)CC2)c(F)c1)N(C)CC1CCOC1. The molecule has 2 aliphatic heterocycles. The van der Waals surface area contributed by atoms with Gasteiger partial charge in [-0.3, -0.25) is 0 Å². The quantitative estimate of drug-likeness (QED) is 0.574. The van der Waals surface area contributed by atoms with E-state index in [1.165, 1.54) is 0 Å². The highest BCUT2D eigenvalue weighted by molar-refractivity contribution is 5.79. The molecule has 0 saturated carbocycles. The maximum atomic E-state index is 14.6. The minimum absolute atomic E-state index is 0.217. The van der Waals surface area contributed by atoms with Gasteiger partial charge < -0.3 is 25.0 Å². The summed E-state index contributed by atoms with van der Waals surface area (Å²) in [6.07, 6.45) is 2.21. The highest BCUT2D eigenvalue weighted by Gasteiger charge is 2.20. The van der Waals surface area contributed by atoms with Crippen LogP contribution in [0.5, 0.6) is 0 Å². The van der Waals surface area contributed by atoms with Crippen molar-refractivity contribution >= 4 is 11.6 Å². The summed E-state index contributed by atoms with van der Waals surface area (Å²) in [5, 5.41) is 13.0. The van der Waals surface area contributed by atoms with Crippen LogP contribution in [0.15, 0.2) is 23.2 Å². The van der Waals surface area contributed by atoms with Crippen LogP contribution in [0, 0.1) is 11.7 Å². The number of nitrogens with one attached hydrogen (secondary N) is 1. The topological polar surface area (TPSA) is 60.3 Å². The molecule has 0 radical (unpaired) electrons. The number of hydrogen-bond acceptors (Lipinski definition) is 4. The maximum absolute atomic E-state index is 14.6. The van der Waals surface area contributed by atoms with Crippen molar-refractivity contribution in [3.05, 3.63) is 29.6 Å². The summed E-state index contributed by atoms with van der Waals surface area (Å²) in [5.41, 5.74) is 1.47. The van der Waals surface area contributed by atoms with E-state index in [9.17, 15) is 9.50 Å². The van der Waals surface area contributed by atoms with E-state index in [2.05, 4.69) is 10.2 Å². The molecule has 1 unspecified atom stereocenters. The normalized spacial score (nSPS) is 21.2. The van der Waals surface area contributed by atoms with Gasteiger partial charge in [-0.2, -0.15) is 0 Å². The molecule has 3 rings (SSSR count). The fourth-order valence-corrected chi connectivity index (χ4v) is 3.85. The molecule has 6 nitrogen and oxygen atoms in total. The zero-order chi connectivity index (χ0) is 19.9. The Kier molecular flexibility index (Phi) is 7.50. The minimum Gasteiger partial charge on any atom is -0.393 e. The number of nitrogens with zero attached hydrogens (tertiary/aromatic N) is 3. The Morgan fingerprint density at radius 3 is 2.79 bits per heavy atom. The summed E-state index contributed by atoms with van der Waals surface area (Å²) < 4.78 is 20.1. The number of benzene rings is 1. The van der Waals surface area contributed by atoms with Gasteiger partial charge >= 0.3 is 0 Å². The van der Waals surface area contributed by atoms with Gasteiger partial charge in [-0.1, -0.05) is 6.07 Å². The molecule has 2 saturated heterocycles. The van der Waals surface area contributed by atoms with Crippen molar-refractivity contribution in [3.8, 4) is 0 Å². The molecular formula is C21H33FN4O2. The molecule has 0 bridgehead atoms. The third-order valence-electron chi connectivity index (χ3n) is 5.48. The molecule has 1 atom stereocenters. The van der Waals surface area contributed by atoms with Crippen molar-refractivity contribution in [2.75, 3.05) is 51.3 Å². The monoisotopic (exact) mass is 392 g/mol. The first-order valence-corrected chi connectivity index (χ1v) is 10.4. The number of aliphatic imine (C=N–C) groups is 1. The van der Waals surface area contributed by atoms with Gasteiger partial charge in [-0.25, -0.2) is 9.38 Å². The maximum Gasteiger partial charge on any atom is 0.193 e. The number of rotatable bonds is 6. The van der Waals surface area contributed by atoms with E-state index in [1.54, 1.807) is 6.07 Å². The second-order valence-corrected chi connectivity index (χ2v) is 7.78. The van der Waals surface area contributed by atoms with Crippen LogP contribution in [-0.2, 0) is 11.3 Å². The van der Waals surface area contributed by atoms with Gasteiger partial charge in [-0.05, 0) is 43.9 Å². The molecule has 0 aromatic heterocycles. The standard InChI is InChI=1S/C21H33FN4O2/c1-3-23-21(25(2)14-17-8-11-28-15-17)24-13-16-4-5-20(19(22)12-16)26-9-6-18(27)7-10-26/h4-5,12,17-18,27H,3,6-11,13-15H2,1-2H3,(H,23,24). The predicted octanol–water partition coefficient (Wildman–Crippen LogP) is 2.22. The molecule has 2 fully saturated rings. The Labute approximate surface area is 167 Å². The highest BCUT2D eigenvalue weighted by atomic mass is 19.1. The fourth-order valence-electron chi connectivity index (χ4n) is 3.85. The summed E-state index contributed by atoms with van der Waals surface area (Å²) >= 11 is 0. The van der Waals surface area contributed by atoms with Gasteiger partial charge in [0.05, 0.1) is 24.9 Å². The molecule has 28 heavy (non-hydrogen) atoms. The van der Waals surface area contributed by atoms with Crippen molar-refractivity contribution in [1.29, 1.82) is 0 Å². The van der Waals surface area contributed by atoms with Gasteiger partial charge in [0.1, 0.15) is 5.82 Å². The molecule has 0 aliphatic carbocycles. The van der Waals surface area contributed by atoms with Crippen LogP contribution in [0.1, 0.15) is 31.7 Å². The fraction of sp³-hybridized carbons (Fsp3) is 0.667. The molecule has 1 aromatic carbocycles. The summed E-state index contributed by atoms with van der Waals surface area (Å²) in [6, 6.07) is 5.37. The number of guanidine groups is 1. The van der Waals surface area contributed by atoms with Crippen LogP contribution in [-0.4, -0.2) is 68.5 Å². The summed E-state index contributed by atoms with van der Waals surface area (Å²) in [5.74, 6) is 1.16. The molecule has 2 heterocycles. The Hall–Kier alpha value is -1.86. The zero-order valence-corrected chi connectivity index (χ0v) is 17.0. The minimum atomic E-state index is -0.259. The summed E-state index contributed by atoms with van der Waals surface area (Å²) in [4.78, 5) is 8.84. The first-order valence-electron chi connectivity index (χ1n) is 10.4. The van der Waals surface area contributed by atoms with Gasteiger partial charge in [-0.15, -0.1) is 0 Å². The molecule has 7 heteroatoms. The molecule has 0 spiro atoms. The van der Waals surface area contributed by atoms with Gasteiger partial charge in [0, 0.05) is 45.8 Å². The first kappa shape index (κ1) is 20.9. The lowest BCUT2D eigenvalue weighted by atomic mass is 10.1. The molecule has 156 valence electrons. The lowest BCUT2D eigenvalue weighted by molar-refractivity contribution is 0.145. The third kappa shape index (κ3) is 5.58. The van der Waals surface area contributed by atoms with Crippen LogP contribution in [0.4, 0.5) is 10.1 Å². The van der Waals surface area contributed by atoms with E-state index in [0.717, 1.165) is 44.2 Å². The Morgan fingerprint density at radius 2 is 2.14 bits per heavy atom. The third-order valence-corrected chi connectivity index (χ3v) is 5.48. The Bertz CT molecular complexity index is 656. The lowest BCUT2D eigenvalue weighted by Gasteiger charge is -2.31. The lowest BCUT2D eigenvalue weighted by Crippen LogP contribution is -2.41. The number of ether oxygens (including phenoxy) is 1.